The van der Waals surface area contributed by atoms with E-state index < -0.39 is 32.5 Å². The molecule has 59 heavy (non-hydrogen) atoms. The van der Waals surface area contributed by atoms with Crippen LogP contribution in [0.15, 0.2) is 60.8 Å². The quantitative estimate of drug-likeness (QED) is 0.0266. The van der Waals surface area contributed by atoms with Crippen LogP contribution >= 0.6 is 7.82 Å². The molecular formula is C49H88NO8P. The summed E-state index contributed by atoms with van der Waals surface area (Å²) in [6.07, 6.45) is 54.2. The Morgan fingerprint density at radius 3 is 1.51 bits per heavy atom. The van der Waals surface area contributed by atoms with E-state index in [0.29, 0.717) is 12.8 Å². The molecular weight excluding hydrogens is 762 g/mol. The molecule has 0 aromatic heterocycles. The zero-order valence-electron chi connectivity index (χ0n) is 37.7. The van der Waals surface area contributed by atoms with E-state index in [1.165, 1.54) is 89.9 Å². The summed E-state index contributed by atoms with van der Waals surface area (Å²) in [7, 11) is -4.40. The number of ether oxygens (including phenoxy) is 2. The molecule has 0 saturated heterocycles. The lowest BCUT2D eigenvalue weighted by Gasteiger charge is -2.19. The van der Waals surface area contributed by atoms with Gasteiger partial charge in [-0.3, -0.25) is 18.6 Å². The third-order valence-corrected chi connectivity index (χ3v) is 10.8. The number of phosphoric ester groups is 1. The molecule has 0 fully saturated rings. The Morgan fingerprint density at radius 2 is 0.966 bits per heavy atom. The molecule has 0 rings (SSSR count). The molecule has 0 heterocycles. The lowest BCUT2D eigenvalue weighted by molar-refractivity contribution is -0.161. The lowest BCUT2D eigenvalue weighted by atomic mass is 10.0. The zero-order chi connectivity index (χ0) is 43.2. The third-order valence-electron chi connectivity index (χ3n) is 9.87. The predicted molar refractivity (Wildman–Crippen MR) is 247 cm³/mol. The van der Waals surface area contributed by atoms with Gasteiger partial charge in [0, 0.05) is 19.4 Å². The van der Waals surface area contributed by atoms with E-state index in [1.807, 2.05) is 0 Å². The minimum atomic E-state index is -4.40. The number of hydrogen-bond acceptors (Lipinski definition) is 8. The van der Waals surface area contributed by atoms with Crippen LogP contribution in [-0.4, -0.2) is 49.3 Å². The average Bonchev–Trinajstić information content (AvgIpc) is 3.22. The van der Waals surface area contributed by atoms with Crippen LogP contribution in [0.3, 0.4) is 0 Å². The number of hydrogen-bond donors (Lipinski definition) is 2. The smallest absolute Gasteiger partial charge is 0.462 e. The van der Waals surface area contributed by atoms with E-state index in [0.717, 1.165) is 77.0 Å². The van der Waals surface area contributed by atoms with E-state index in [1.54, 1.807) is 0 Å². The SMILES string of the molecule is CC/C=C/C/C=C/C/C=C/CCCCCCCC(=O)OC[C@H](COP(=O)(O)OCCN)OC(=O)CCC/C=C/CC/C=C/CCCCCCCCCCCCCCCC. The van der Waals surface area contributed by atoms with Gasteiger partial charge in [-0.15, -0.1) is 0 Å². The van der Waals surface area contributed by atoms with E-state index in [9.17, 15) is 19.0 Å². The second kappa shape index (κ2) is 45.2. The average molecular weight is 850 g/mol. The molecule has 0 aromatic rings. The van der Waals surface area contributed by atoms with Crippen molar-refractivity contribution in [2.75, 3.05) is 26.4 Å². The van der Waals surface area contributed by atoms with Crippen molar-refractivity contribution in [2.45, 2.75) is 213 Å². The molecule has 0 radical (unpaired) electrons. The summed E-state index contributed by atoms with van der Waals surface area (Å²) in [5.41, 5.74) is 5.35. The first-order valence-electron chi connectivity index (χ1n) is 23.8. The van der Waals surface area contributed by atoms with Gasteiger partial charge in [0.05, 0.1) is 13.2 Å². The number of carbonyl (C=O) groups excluding carboxylic acids is 2. The number of esters is 2. The Hall–Kier alpha value is -2.29. The molecule has 0 amide bonds. The highest BCUT2D eigenvalue weighted by Gasteiger charge is 2.26. The minimum Gasteiger partial charge on any atom is -0.462 e. The van der Waals surface area contributed by atoms with Crippen LogP contribution in [0.2, 0.25) is 0 Å². The second-order valence-electron chi connectivity index (χ2n) is 15.6. The maximum absolute atomic E-state index is 12.6. The van der Waals surface area contributed by atoms with Gasteiger partial charge in [0.15, 0.2) is 6.10 Å². The zero-order valence-corrected chi connectivity index (χ0v) is 38.6. The summed E-state index contributed by atoms with van der Waals surface area (Å²) in [5.74, 6) is -0.898. The van der Waals surface area contributed by atoms with Crippen molar-refractivity contribution in [3.05, 3.63) is 60.8 Å². The standard InChI is InChI=1S/C49H88NO8P/c1-3-5-7-9-11-13-15-17-19-20-21-22-23-24-25-26-28-30-32-34-36-38-40-42-49(52)58-47(46-57-59(53,54)56-44-43-50)45-55-48(51)41-39-37-35-33-31-29-27-18-16-14-12-10-8-6-4-2/h6,8,12,14,18,26-28,34,36,47H,3-5,7,9-11,13,15-17,19-25,29-33,35,37-46,50H2,1-2H3,(H,53,54)/b8-6+,14-12+,27-18+,28-26+,36-34+/t47-/m1/s1. The van der Waals surface area contributed by atoms with Crippen LogP contribution in [0.25, 0.3) is 0 Å². The highest BCUT2D eigenvalue weighted by molar-refractivity contribution is 7.47. The number of allylic oxidation sites excluding steroid dienone is 10. The van der Waals surface area contributed by atoms with E-state index >= 15 is 0 Å². The van der Waals surface area contributed by atoms with Crippen molar-refractivity contribution in [3.63, 3.8) is 0 Å². The van der Waals surface area contributed by atoms with E-state index in [2.05, 4.69) is 74.6 Å². The van der Waals surface area contributed by atoms with Gasteiger partial charge in [-0.2, -0.15) is 0 Å². The molecule has 10 heteroatoms. The normalized spacial score (nSPS) is 13.8. The van der Waals surface area contributed by atoms with Crippen molar-refractivity contribution in [1.29, 1.82) is 0 Å². The van der Waals surface area contributed by atoms with Crippen molar-refractivity contribution in [1.82, 2.24) is 0 Å². The highest BCUT2D eigenvalue weighted by Crippen LogP contribution is 2.43. The summed E-state index contributed by atoms with van der Waals surface area (Å²) in [5, 5.41) is 0. The van der Waals surface area contributed by atoms with Gasteiger partial charge in [-0.25, -0.2) is 4.57 Å². The molecule has 0 aliphatic heterocycles. The largest absolute Gasteiger partial charge is 0.472 e. The van der Waals surface area contributed by atoms with Gasteiger partial charge in [0.1, 0.15) is 6.61 Å². The monoisotopic (exact) mass is 850 g/mol. The van der Waals surface area contributed by atoms with E-state index in [4.69, 9.17) is 24.3 Å². The summed E-state index contributed by atoms with van der Waals surface area (Å²) < 4.78 is 32.8. The molecule has 0 spiro atoms. The fourth-order valence-electron chi connectivity index (χ4n) is 6.37. The molecule has 9 nitrogen and oxygen atoms in total. The molecule has 0 aliphatic rings. The lowest BCUT2D eigenvalue weighted by Crippen LogP contribution is -2.29. The summed E-state index contributed by atoms with van der Waals surface area (Å²) in [6, 6.07) is 0. The maximum atomic E-state index is 12.6. The Kier molecular flexibility index (Phi) is 43.5. The van der Waals surface area contributed by atoms with Crippen LogP contribution < -0.4 is 5.73 Å². The van der Waals surface area contributed by atoms with Crippen molar-refractivity contribution >= 4 is 19.8 Å². The first kappa shape index (κ1) is 56.7. The molecule has 0 bridgehead atoms. The number of rotatable bonds is 44. The number of carbonyl (C=O) groups is 2. The van der Waals surface area contributed by atoms with Gasteiger partial charge >= 0.3 is 19.8 Å². The third kappa shape index (κ3) is 45.1. The maximum Gasteiger partial charge on any atom is 0.472 e. The summed E-state index contributed by atoms with van der Waals surface area (Å²) in [6.45, 7) is 3.57. The first-order chi connectivity index (χ1) is 28.8. The Labute approximate surface area is 361 Å². The number of phosphoric acid groups is 1. The van der Waals surface area contributed by atoms with Crippen molar-refractivity contribution in [2.24, 2.45) is 5.73 Å². The van der Waals surface area contributed by atoms with Gasteiger partial charge in [0.2, 0.25) is 0 Å². The van der Waals surface area contributed by atoms with Crippen molar-refractivity contribution in [3.8, 4) is 0 Å². The molecule has 1 unspecified atom stereocenters. The van der Waals surface area contributed by atoms with Gasteiger partial charge < -0.3 is 20.1 Å². The molecule has 2 atom stereocenters. The first-order valence-corrected chi connectivity index (χ1v) is 25.3. The molecule has 0 aromatic carbocycles. The molecule has 3 N–H and O–H groups in total. The Bertz CT molecular complexity index is 1150. The van der Waals surface area contributed by atoms with Crippen LogP contribution in [0.4, 0.5) is 0 Å². The van der Waals surface area contributed by atoms with Crippen LogP contribution in [0.1, 0.15) is 206 Å². The van der Waals surface area contributed by atoms with E-state index in [-0.39, 0.29) is 32.6 Å². The van der Waals surface area contributed by atoms with Gasteiger partial charge in [-0.05, 0) is 77.0 Å². The van der Waals surface area contributed by atoms with Crippen LogP contribution in [-0.2, 0) is 32.7 Å². The fraction of sp³-hybridized carbons (Fsp3) is 0.755. The van der Waals surface area contributed by atoms with Crippen LogP contribution in [0, 0.1) is 0 Å². The topological polar surface area (TPSA) is 134 Å². The van der Waals surface area contributed by atoms with Crippen molar-refractivity contribution < 1.29 is 37.6 Å². The number of unbranched alkanes of at least 4 members (excludes halogenated alkanes) is 21. The highest BCUT2D eigenvalue weighted by atomic mass is 31.2. The summed E-state index contributed by atoms with van der Waals surface area (Å²) in [4.78, 5) is 34.9. The molecule has 0 saturated carbocycles. The fourth-order valence-corrected chi connectivity index (χ4v) is 7.14. The van der Waals surface area contributed by atoms with Crippen LogP contribution in [0.5, 0.6) is 0 Å². The Balaban J connectivity index is 4.15. The molecule has 342 valence electrons. The second-order valence-corrected chi connectivity index (χ2v) is 17.0. The predicted octanol–water partition coefficient (Wildman–Crippen LogP) is 14.1. The minimum absolute atomic E-state index is 0.0428. The van der Waals surface area contributed by atoms with Gasteiger partial charge in [-0.1, -0.05) is 177 Å². The summed E-state index contributed by atoms with van der Waals surface area (Å²) >= 11 is 0. The van der Waals surface area contributed by atoms with Gasteiger partial charge in [0.25, 0.3) is 0 Å². The number of nitrogens with two attached hydrogens (primary N) is 1. The molecule has 0 aliphatic carbocycles. The Morgan fingerprint density at radius 1 is 0.525 bits per heavy atom.